The molecule has 117 valence electrons. The van der Waals surface area contributed by atoms with Crippen molar-refractivity contribution in [2.45, 2.75) is 6.18 Å². The molecule has 0 fully saturated rings. The first kappa shape index (κ1) is 15.5. The van der Waals surface area contributed by atoms with Gasteiger partial charge in [-0.2, -0.15) is 18.2 Å². The lowest BCUT2D eigenvalue weighted by atomic mass is 10.2. The Morgan fingerprint density at radius 3 is 2.52 bits per heavy atom. The van der Waals surface area contributed by atoms with Crippen LogP contribution in [0.1, 0.15) is 5.89 Å². The van der Waals surface area contributed by atoms with Crippen molar-refractivity contribution in [2.24, 2.45) is 0 Å². The summed E-state index contributed by atoms with van der Waals surface area (Å²) in [5.41, 5.74) is 0.329. The monoisotopic (exact) mass is 383 g/mol. The highest BCUT2D eigenvalue weighted by Gasteiger charge is 2.38. The Morgan fingerprint density at radius 2 is 1.87 bits per heavy atom. The molecule has 1 radical (unpaired) electrons. The molecular formula is C15H7BrF3N2O2. The van der Waals surface area contributed by atoms with E-state index in [1.54, 1.807) is 24.3 Å². The zero-order valence-corrected chi connectivity index (χ0v) is 12.9. The molecule has 0 aliphatic rings. The van der Waals surface area contributed by atoms with Gasteiger partial charge < -0.3 is 9.26 Å². The SMILES string of the molecule is FC(F)(F)c1nc(-c2cc[c]c(Oc3ccc(Br)cc3)c2)no1. The molecule has 0 spiro atoms. The summed E-state index contributed by atoms with van der Waals surface area (Å²) in [6.07, 6.45) is -4.68. The molecule has 0 amide bonds. The van der Waals surface area contributed by atoms with Crippen LogP contribution in [0.15, 0.2) is 51.5 Å². The summed E-state index contributed by atoms with van der Waals surface area (Å²) >= 11 is 3.31. The van der Waals surface area contributed by atoms with Gasteiger partial charge in [-0.3, -0.25) is 0 Å². The molecule has 0 aliphatic heterocycles. The highest BCUT2D eigenvalue weighted by atomic mass is 79.9. The average molecular weight is 384 g/mol. The van der Waals surface area contributed by atoms with Crippen LogP contribution in [0.4, 0.5) is 13.2 Å². The summed E-state index contributed by atoms with van der Waals surface area (Å²) in [4.78, 5) is 3.33. The van der Waals surface area contributed by atoms with E-state index >= 15 is 0 Å². The highest BCUT2D eigenvalue weighted by molar-refractivity contribution is 9.10. The fourth-order valence-electron chi connectivity index (χ4n) is 1.73. The van der Waals surface area contributed by atoms with Crippen molar-refractivity contribution in [3.8, 4) is 22.9 Å². The molecule has 0 bridgehead atoms. The Morgan fingerprint density at radius 1 is 1.13 bits per heavy atom. The number of halogens is 4. The average Bonchev–Trinajstić information content (AvgIpc) is 3.00. The Bertz CT molecular complexity index is 816. The summed E-state index contributed by atoms with van der Waals surface area (Å²) in [6.45, 7) is 0. The van der Waals surface area contributed by atoms with Crippen molar-refractivity contribution < 1.29 is 22.4 Å². The maximum atomic E-state index is 12.5. The van der Waals surface area contributed by atoms with Gasteiger partial charge in [0.05, 0.1) is 0 Å². The van der Waals surface area contributed by atoms with E-state index in [4.69, 9.17) is 4.74 Å². The fraction of sp³-hybridized carbons (Fsp3) is 0.0667. The third-order valence-corrected chi connectivity index (χ3v) is 3.27. The molecule has 0 saturated carbocycles. The van der Waals surface area contributed by atoms with Crippen LogP contribution in [0.2, 0.25) is 0 Å². The zero-order valence-electron chi connectivity index (χ0n) is 11.3. The number of aromatic nitrogens is 2. The van der Waals surface area contributed by atoms with Gasteiger partial charge in [0.25, 0.3) is 0 Å². The Labute approximate surface area is 137 Å². The third kappa shape index (κ3) is 3.70. The fourth-order valence-corrected chi connectivity index (χ4v) is 1.99. The van der Waals surface area contributed by atoms with Crippen molar-refractivity contribution >= 4 is 15.9 Å². The van der Waals surface area contributed by atoms with E-state index in [1.807, 2.05) is 0 Å². The molecule has 0 saturated heterocycles. The van der Waals surface area contributed by atoms with Crippen molar-refractivity contribution in [1.29, 1.82) is 0 Å². The molecule has 8 heteroatoms. The van der Waals surface area contributed by atoms with Gasteiger partial charge in [-0.1, -0.05) is 27.2 Å². The van der Waals surface area contributed by atoms with E-state index in [1.165, 1.54) is 18.2 Å². The lowest BCUT2D eigenvalue weighted by Crippen LogP contribution is -2.04. The minimum absolute atomic E-state index is 0.174. The number of nitrogens with zero attached hydrogens (tertiary/aromatic N) is 2. The minimum atomic E-state index is -4.68. The van der Waals surface area contributed by atoms with Gasteiger partial charge in [0.15, 0.2) is 0 Å². The first-order chi connectivity index (χ1) is 10.9. The molecule has 0 aliphatic carbocycles. The van der Waals surface area contributed by atoms with Crippen molar-refractivity contribution in [2.75, 3.05) is 0 Å². The van der Waals surface area contributed by atoms with Crippen LogP contribution < -0.4 is 4.74 Å². The first-order valence-electron chi connectivity index (χ1n) is 6.28. The second-order valence-corrected chi connectivity index (χ2v) is 5.33. The van der Waals surface area contributed by atoms with Gasteiger partial charge in [0, 0.05) is 16.1 Å². The van der Waals surface area contributed by atoms with E-state index < -0.39 is 12.1 Å². The van der Waals surface area contributed by atoms with Crippen LogP contribution in [0, 0.1) is 6.07 Å². The summed E-state index contributed by atoms with van der Waals surface area (Å²) in [7, 11) is 0. The largest absolute Gasteiger partial charge is 0.471 e. The van der Waals surface area contributed by atoms with Crippen LogP contribution in [0.5, 0.6) is 11.5 Å². The van der Waals surface area contributed by atoms with Gasteiger partial charge in [-0.15, -0.1) is 0 Å². The maximum absolute atomic E-state index is 12.5. The second kappa shape index (κ2) is 6.04. The molecule has 1 heterocycles. The summed E-state index contributed by atoms with van der Waals surface area (Å²) in [5, 5.41) is 3.33. The number of hydrogen-bond acceptors (Lipinski definition) is 4. The molecule has 0 N–H and O–H groups in total. The maximum Gasteiger partial charge on any atom is 0.471 e. The third-order valence-electron chi connectivity index (χ3n) is 2.74. The van der Waals surface area contributed by atoms with Crippen LogP contribution in [-0.4, -0.2) is 10.1 Å². The van der Waals surface area contributed by atoms with Gasteiger partial charge >= 0.3 is 12.1 Å². The molecule has 0 atom stereocenters. The molecule has 3 aromatic rings. The van der Waals surface area contributed by atoms with Crippen LogP contribution >= 0.6 is 15.9 Å². The summed E-state index contributed by atoms with van der Waals surface area (Å²) in [5.74, 6) is -0.684. The first-order valence-corrected chi connectivity index (χ1v) is 7.07. The number of alkyl halides is 3. The molecule has 2 aromatic carbocycles. The summed E-state index contributed by atoms with van der Waals surface area (Å²) in [6, 6.07) is 14.4. The Balaban J connectivity index is 1.85. The van der Waals surface area contributed by atoms with Crippen LogP contribution in [0.25, 0.3) is 11.4 Å². The Hall–Kier alpha value is -2.35. The van der Waals surface area contributed by atoms with E-state index in [0.717, 1.165) is 4.47 Å². The van der Waals surface area contributed by atoms with Crippen LogP contribution in [-0.2, 0) is 6.18 Å². The van der Waals surface area contributed by atoms with Crippen molar-refractivity contribution in [3.05, 3.63) is 58.9 Å². The second-order valence-electron chi connectivity index (χ2n) is 4.42. The molecule has 1 aromatic heterocycles. The zero-order chi connectivity index (χ0) is 16.4. The number of ether oxygens (including phenoxy) is 1. The summed E-state index contributed by atoms with van der Waals surface area (Å²) < 4.78 is 48.2. The molecular weight excluding hydrogens is 377 g/mol. The lowest BCUT2D eigenvalue weighted by Gasteiger charge is -2.06. The van der Waals surface area contributed by atoms with E-state index in [0.29, 0.717) is 17.1 Å². The van der Waals surface area contributed by atoms with Gasteiger partial charge in [-0.05, 0) is 36.4 Å². The molecule has 4 nitrogen and oxygen atoms in total. The van der Waals surface area contributed by atoms with E-state index in [-0.39, 0.29) is 5.82 Å². The number of rotatable bonds is 3. The number of hydrogen-bond donors (Lipinski definition) is 0. The quantitative estimate of drug-likeness (QED) is 0.630. The molecule has 0 unspecified atom stereocenters. The lowest BCUT2D eigenvalue weighted by molar-refractivity contribution is -0.159. The van der Waals surface area contributed by atoms with Gasteiger partial charge in [0.2, 0.25) is 5.82 Å². The van der Waals surface area contributed by atoms with Gasteiger partial charge in [-0.25, -0.2) is 0 Å². The van der Waals surface area contributed by atoms with Crippen molar-refractivity contribution in [3.63, 3.8) is 0 Å². The van der Waals surface area contributed by atoms with Gasteiger partial charge in [0.1, 0.15) is 11.5 Å². The highest BCUT2D eigenvalue weighted by Crippen LogP contribution is 2.31. The number of benzene rings is 2. The predicted octanol–water partition coefficient (Wildman–Crippen LogP) is 5.11. The van der Waals surface area contributed by atoms with E-state index in [2.05, 4.69) is 36.7 Å². The minimum Gasteiger partial charge on any atom is -0.457 e. The normalized spacial score (nSPS) is 11.5. The predicted molar refractivity (Wildman–Crippen MR) is 77.8 cm³/mol. The topological polar surface area (TPSA) is 48.2 Å². The van der Waals surface area contributed by atoms with Crippen LogP contribution in [0.3, 0.4) is 0 Å². The molecule has 3 rings (SSSR count). The standard InChI is InChI=1S/C15H7BrF3N2O2/c16-10-4-6-11(7-5-10)22-12-3-1-2-9(8-12)13-20-14(23-21-13)15(17,18)19/h1-2,4-8H. The van der Waals surface area contributed by atoms with Crippen molar-refractivity contribution in [1.82, 2.24) is 10.1 Å². The van der Waals surface area contributed by atoms with E-state index in [9.17, 15) is 13.2 Å². The smallest absolute Gasteiger partial charge is 0.457 e. The Kier molecular flexibility index (Phi) is 4.08. The molecule has 23 heavy (non-hydrogen) atoms.